The molecule has 1 fully saturated rings. The Morgan fingerprint density at radius 2 is 2.12 bits per heavy atom. The molecular formula is C15H23NO. The van der Waals surface area contributed by atoms with Gasteiger partial charge >= 0.3 is 0 Å². The van der Waals surface area contributed by atoms with E-state index in [1.807, 2.05) is 12.1 Å². The molecule has 0 radical (unpaired) electrons. The van der Waals surface area contributed by atoms with Gasteiger partial charge in [0.1, 0.15) is 5.75 Å². The molecule has 0 saturated carbocycles. The Morgan fingerprint density at radius 1 is 1.29 bits per heavy atom. The molecule has 2 heteroatoms. The number of piperidine rings is 1. The SMILES string of the molecule is COc1ccccc1CCC1CCCC(C)N1. The van der Waals surface area contributed by atoms with E-state index in [0.717, 1.165) is 12.2 Å². The molecule has 1 aromatic carbocycles. The Kier molecular flexibility index (Phi) is 4.43. The van der Waals surface area contributed by atoms with E-state index in [1.165, 1.54) is 31.2 Å². The molecule has 1 aromatic rings. The van der Waals surface area contributed by atoms with Crippen LogP contribution in [0.25, 0.3) is 0 Å². The van der Waals surface area contributed by atoms with Gasteiger partial charge in [-0.15, -0.1) is 0 Å². The number of methoxy groups -OCH3 is 1. The summed E-state index contributed by atoms with van der Waals surface area (Å²) in [6.07, 6.45) is 6.33. The quantitative estimate of drug-likeness (QED) is 0.862. The zero-order chi connectivity index (χ0) is 12.1. The van der Waals surface area contributed by atoms with Crippen LogP contribution in [0.3, 0.4) is 0 Å². The van der Waals surface area contributed by atoms with Crippen LogP contribution in [-0.2, 0) is 6.42 Å². The number of rotatable bonds is 4. The highest BCUT2D eigenvalue weighted by Gasteiger charge is 2.17. The van der Waals surface area contributed by atoms with Crippen LogP contribution in [0.4, 0.5) is 0 Å². The van der Waals surface area contributed by atoms with Crippen molar-refractivity contribution in [1.82, 2.24) is 5.32 Å². The molecule has 94 valence electrons. The Morgan fingerprint density at radius 3 is 2.88 bits per heavy atom. The van der Waals surface area contributed by atoms with E-state index in [1.54, 1.807) is 7.11 Å². The van der Waals surface area contributed by atoms with Crippen LogP contribution in [0.5, 0.6) is 5.75 Å². The van der Waals surface area contributed by atoms with Crippen molar-refractivity contribution in [2.24, 2.45) is 0 Å². The van der Waals surface area contributed by atoms with E-state index >= 15 is 0 Å². The molecule has 2 rings (SSSR count). The standard InChI is InChI=1S/C15H23NO/c1-12-6-5-8-14(16-12)11-10-13-7-3-4-9-15(13)17-2/h3-4,7,9,12,14,16H,5-6,8,10-11H2,1-2H3. The van der Waals surface area contributed by atoms with Crippen molar-refractivity contribution in [2.45, 2.75) is 51.1 Å². The topological polar surface area (TPSA) is 21.3 Å². The molecule has 2 unspecified atom stereocenters. The van der Waals surface area contributed by atoms with Gasteiger partial charge in [0, 0.05) is 12.1 Å². The fourth-order valence-electron chi connectivity index (χ4n) is 2.71. The summed E-state index contributed by atoms with van der Waals surface area (Å²) in [5.74, 6) is 1.02. The zero-order valence-corrected chi connectivity index (χ0v) is 10.9. The molecule has 0 aromatic heterocycles. The second-order valence-electron chi connectivity index (χ2n) is 5.05. The number of aryl methyl sites for hydroxylation is 1. The fraction of sp³-hybridized carbons (Fsp3) is 0.600. The van der Waals surface area contributed by atoms with Crippen LogP contribution in [0.1, 0.15) is 38.2 Å². The third-order valence-corrected chi connectivity index (χ3v) is 3.66. The van der Waals surface area contributed by atoms with Crippen molar-refractivity contribution in [2.75, 3.05) is 7.11 Å². The fourth-order valence-corrected chi connectivity index (χ4v) is 2.71. The third-order valence-electron chi connectivity index (χ3n) is 3.66. The number of para-hydroxylation sites is 1. The predicted molar refractivity (Wildman–Crippen MR) is 71.6 cm³/mol. The van der Waals surface area contributed by atoms with Crippen molar-refractivity contribution in [3.63, 3.8) is 0 Å². The minimum atomic E-state index is 0.684. The molecular weight excluding hydrogens is 210 g/mol. The molecule has 2 nitrogen and oxygen atoms in total. The number of nitrogens with one attached hydrogen (secondary N) is 1. The van der Waals surface area contributed by atoms with E-state index in [0.29, 0.717) is 12.1 Å². The predicted octanol–water partition coefficient (Wildman–Crippen LogP) is 3.16. The smallest absolute Gasteiger partial charge is 0.122 e. The Labute approximate surface area is 104 Å². The summed E-state index contributed by atoms with van der Waals surface area (Å²) < 4.78 is 5.39. The summed E-state index contributed by atoms with van der Waals surface area (Å²) in [6, 6.07) is 9.71. The molecule has 1 aliphatic rings. The van der Waals surface area contributed by atoms with E-state index in [9.17, 15) is 0 Å². The summed E-state index contributed by atoms with van der Waals surface area (Å²) in [7, 11) is 1.75. The minimum Gasteiger partial charge on any atom is -0.496 e. The lowest BCUT2D eigenvalue weighted by molar-refractivity contribution is 0.320. The van der Waals surface area contributed by atoms with E-state index in [4.69, 9.17) is 4.74 Å². The lowest BCUT2D eigenvalue weighted by Gasteiger charge is -2.28. The highest BCUT2D eigenvalue weighted by molar-refractivity contribution is 5.33. The Hall–Kier alpha value is -1.02. The van der Waals surface area contributed by atoms with Crippen LogP contribution in [0.15, 0.2) is 24.3 Å². The second-order valence-corrected chi connectivity index (χ2v) is 5.05. The van der Waals surface area contributed by atoms with E-state index < -0.39 is 0 Å². The van der Waals surface area contributed by atoms with Crippen LogP contribution in [0.2, 0.25) is 0 Å². The average molecular weight is 233 g/mol. The second kappa shape index (κ2) is 6.06. The summed E-state index contributed by atoms with van der Waals surface area (Å²) in [4.78, 5) is 0. The molecule has 0 spiro atoms. The van der Waals surface area contributed by atoms with Gasteiger partial charge in [-0.2, -0.15) is 0 Å². The summed E-state index contributed by atoms with van der Waals surface area (Å²) in [6.45, 7) is 2.29. The Balaban J connectivity index is 1.88. The monoisotopic (exact) mass is 233 g/mol. The summed E-state index contributed by atoms with van der Waals surface area (Å²) >= 11 is 0. The van der Waals surface area contributed by atoms with Crippen LogP contribution in [-0.4, -0.2) is 19.2 Å². The van der Waals surface area contributed by atoms with Gasteiger partial charge in [-0.3, -0.25) is 0 Å². The number of hydrogen-bond donors (Lipinski definition) is 1. The summed E-state index contributed by atoms with van der Waals surface area (Å²) in [5, 5.41) is 3.68. The number of benzene rings is 1. The van der Waals surface area contributed by atoms with Crippen LogP contribution in [0, 0.1) is 0 Å². The molecule has 1 N–H and O–H groups in total. The van der Waals surface area contributed by atoms with E-state index in [-0.39, 0.29) is 0 Å². The van der Waals surface area contributed by atoms with Gasteiger partial charge in [-0.25, -0.2) is 0 Å². The number of hydrogen-bond acceptors (Lipinski definition) is 2. The molecule has 0 aliphatic carbocycles. The van der Waals surface area contributed by atoms with Gasteiger partial charge in [-0.05, 0) is 44.2 Å². The van der Waals surface area contributed by atoms with Gasteiger partial charge in [-0.1, -0.05) is 24.6 Å². The van der Waals surface area contributed by atoms with Gasteiger partial charge in [0.2, 0.25) is 0 Å². The molecule has 2 atom stereocenters. The maximum Gasteiger partial charge on any atom is 0.122 e. The average Bonchev–Trinajstić information content (AvgIpc) is 2.37. The lowest BCUT2D eigenvalue weighted by Crippen LogP contribution is -2.40. The molecule has 1 aliphatic heterocycles. The third kappa shape index (κ3) is 3.47. The molecule has 1 saturated heterocycles. The first kappa shape index (κ1) is 12.4. The van der Waals surface area contributed by atoms with Gasteiger partial charge in [0.15, 0.2) is 0 Å². The highest BCUT2D eigenvalue weighted by atomic mass is 16.5. The maximum atomic E-state index is 5.39. The van der Waals surface area contributed by atoms with Crippen molar-refractivity contribution in [1.29, 1.82) is 0 Å². The van der Waals surface area contributed by atoms with Crippen molar-refractivity contribution in [3.8, 4) is 5.75 Å². The molecule has 0 amide bonds. The molecule has 0 bridgehead atoms. The summed E-state index contributed by atoms with van der Waals surface area (Å²) in [5.41, 5.74) is 1.33. The number of ether oxygens (including phenoxy) is 1. The zero-order valence-electron chi connectivity index (χ0n) is 10.9. The first-order valence-electron chi connectivity index (χ1n) is 6.67. The van der Waals surface area contributed by atoms with Crippen LogP contribution >= 0.6 is 0 Å². The molecule has 17 heavy (non-hydrogen) atoms. The Bertz CT molecular complexity index is 351. The van der Waals surface area contributed by atoms with Crippen molar-refractivity contribution < 1.29 is 4.74 Å². The van der Waals surface area contributed by atoms with Gasteiger partial charge in [0.25, 0.3) is 0 Å². The van der Waals surface area contributed by atoms with Crippen molar-refractivity contribution in [3.05, 3.63) is 29.8 Å². The lowest BCUT2D eigenvalue weighted by atomic mass is 9.94. The van der Waals surface area contributed by atoms with Crippen LogP contribution < -0.4 is 10.1 Å². The first-order valence-corrected chi connectivity index (χ1v) is 6.67. The first-order chi connectivity index (χ1) is 8.29. The highest BCUT2D eigenvalue weighted by Crippen LogP contribution is 2.22. The van der Waals surface area contributed by atoms with Gasteiger partial charge in [0.05, 0.1) is 7.11 Å². The van der Waals surface area contributed by atoms with Crippen molar-refractivity contribution >= 4 is 0 Å². The minimum absolute atomic E-state index is 0.684. The maximum absolute atomic E-state index is 5.39. The molecule has 1 heterocycles. The largest absolute Gasteiger partial charge is 0.496 e. The van der Waals surface area contributed by atoms with E-state index in [2.05, 4.69) is 24.4 Å². The normalized spacial score (nSPS) is 24.6. The van der Waals surface area contributed by atoms with Gasteiger partial charge < -0.3 is 10.1 Å².